The number of hydrogen-bond donors (Lipinski definition) is 0. The van der Waals surface area contributed by atoms with Gasteiger partial charge in [0.2, 0.25) is 0 Å². The second-order valence-electron chi connectivity index (χ2n) is 4.30. The lowest BCUT2D eigenvalue weighted by Gasteiger charge is -2.32. The first kappa shape index (κ1) is 14.4. The number of carbonyl (C=O) groups is 1. The van der Waals surface area contributed by atoms with Gasteiger partial charge in [-0.25, -0.2) is 0 Å². The maximum Gasteiger partial charge on any atom is 0.308 e. The summed E-state index contributed by atoms with van der Waals surface area (Å²) in [6.07, 6.45) is 1.28. The maximum absolute atomic E-state index is 11.4. The molecule has 0 amide bonds. The van der Waals surface area contributed by atoms with Crippen LogP contribution in [-0.2, 0) is 14.3 Å². The fourth-order valence-electron chi connectivity index (χ4n) is 1.36. The van der Waals surface area contributed by atoms with E-state index >= 15 is 0 Å². The first-order chi connectivity index (χ1) is 6.97. The van der Waals surface area contributed by atoms with Crippen LogP contribution in [0.3, 0.4) is 0 Å². The van der Waals surface area contributed by atoms with Crippen LogP contribution in [0.1, 0.15) is 47.5 Å². The van der Waals surface area contributed by atoms with E-state index in [0.717, 1.165) is 6.42 Å². The molecule has 3 heteroatoms. The summed E-state index contributed by atoms with van der Waals surface area (Å²) in [7, 11) is 0. The van der Waals surface area contributed by atoms with E-state index in [1.54, 1.807) is 0 Å². The smallest absolute Gasteiger partial charge is 0.308 e. The number of esters is 1. The molecule has 0 aliphatic carbocycles. The molecule has 90 valence electrons. The van der Waals surface area contributed by atoms with Crippen LogP contribution >= 0.6 is 0 Å². The second-order valence-corrected chi connectivity index (χ2v) is 4.30. The van der Waals surface area contributed by atoms with Crippen LogP contribution in [-0.4, -0.2) is 25.3 Å². The van der Waals surface area contributed by atoms with Crippen molar-refractivity contribution < 1.29 is 14.3 Å². The van der Waals surface area contributed by atoms with Gasteiger partial charge in [0.05, 0.1) is 19.1 Å². The van der Waals surface area contributed by atoms with Crippen LogP contribution in [0.2, 0.25) is 0 Å². The fourth-order valence-corrected chi connectivity index (χ4v) is 1.36. The van der Waals surface area contributed by atoms with Crippen molar-refractivity contribution in [2.24, 2.45) is 5.41 Å². The van der Waals surface area contributed by atoms with Crippen molar-refractivity contribution in [1.82, 2.24) is 0 Å². The van der Waals surface area contributed by atoms with Gasteiger partial charge in [-0.1, -0.05) is 20.8 Å². The average Bonchev–Trinajstić information content (AvgIpc) is 2.17. The standard InChI is InChI=1S/C12H24O3/c1-6-12(4,5)10(14-7-2)9-11(13)15-8-3/h10H,6-9H2,1-5H3. The Morgan fingerprint density at radius 1 is 1.20 bits per heavy atom. The Labute approximate surface area is 93.1 Å². The molecule has 0 bridgehead atoms. The van der Waals surface area contributed by atoms with Gasteiger partial charge in [-0.3, -0.25) is 4.79 Å². The first-order valence-electron chi connectivity index (χ1n) is 5.75. The van der Waals surface area contributed by atoms with Gasteiger partial charge in [0.1, 0.15) is 0 Å². The highest BCUT2D eigenvalue weighted by molar-refractivity contribution is 5.70. The van der Waals surface area contributed by atoms with E-state index in [0.29, 0.717) is 19.6 Å². The molecule has 3 nitrogen and oxygen atoms in total. The Bertz CT molecular complexity index is 187. The summed E-state index contributed by atoms with van der Waals surface area (Å²) in [4.78, 5) is 11.4. The van der Waals surface area contributed by atoms with Gasteiger partial charge in [-0.2, -0.15) is 0 Å². The third-order valence-corrected chi connectivity index (χ3v) is 2.81. The third kappa shape index (κ3) is 5.17. The normalized spacial score (nSPS) is 13.7. The minimum absolute atomic E-state index is 0.0166. The Balaban J connectivity index is 4.33. The van der Waals surface area contributed by atoms with Crippen LogP contribution in [0.15, 0.2) is 0 Å². The van der Waals surface area contributed by atoms with Crippen LogP contribution in [0.4, 0.5) is 0 Å². The molecule has 0 N–H and O–H groups in total. The first-order valence-corrected chi connectivity index (χ1v) is 5.75. The SMILES string of the molecule is CCOC(=O)CC(OCC)C(C)(C)CC. The number of hydrogen-bond acceptors (Lipinski definition) is 3. The van der Waals surface area contributed by atoms with Gasteiger partial charge in [-0.15, -0.1) is 0 Å². The molecule has 0 rings (SSSR count). The molecule has 15 heavy (non-hydrogen) atoms. The highest BCUT2D eigenvalue weighted by Crippen LogP contribution is 2.29. The molecule has 0 aromatic rings. The second kappa shape index (κ2) is 6.83. The van der Waals surface area contributed by atoms with Crippen molar-refractivity contribution in [3.63, 3.8) is 0 Å². The molecule has 0 heterocycles. The highest BCUT2D eigenvalue weighted by Gasteiger charge is 2.30. The van der Waals surface area contributed by atoms with Gasteiger partial charge >= 0.3 is 5.97 Å². The van der Waals surface area contributed by atoms with E-state index in [-0.39, 0.29) is 17.5 Å². The topological polar surface area (TPSA) is 35.5 Å². The number of rotatable bonds is 7. The molecule has 1 unspecified atom stereocenters. The molecule has 0 aromatic carbocycles. The molecule has 1 atom stereocenters. The molecule has 0 aliphatic rings. The van der Waals surface area contributed by atoms with Gasteiger partial charge in [0.15, 0.2) is 0 Å². The van der Waals surface area contributed by atoms with E-state index in [2.05, 4.69) is 20.8 Å². The Morgan fingerprint density at radius 3 is 2.20 bits per heavy atom. The molecule has 0 saturated heterocycles. The summed E-state index contributed by atoms with van der Waals surface area (Å²) in [6.45, 7) is 11.2. The van der Waals surface area contributed by atoms with Crippen LogP contribution < -0.4 is 0 Å². The highest BCUT2D eigenvalue weighted by atomic mass is 16.5. The monoisotopic (exact) mass is 216 g/mol. The zero-order valence-corrected chi connectivity index (χ0v) is 10.6. The summed E-state index contributed by atoms with van der Waals surface area (Å²) in [5.74, 6) is -0.169. The Hall–Kier alpha value is -0.570. The molecule has 0 spiro atoms. The fraction of sp³-hybridized carbons (Fsp3) is 0.917. The van der Waals surface area contributed by atoms with Crippen molar-refractivity contribution >= 4 is 5.97 Å². The lowest BCUT2D eigenvalue weighted by molar-refractivity contribution is -0.149. The Kier molecular flexibility index (Phi) is 6.57. The zero-order valence-electron chi connectivity index (χ0n) is 10.6. The van der Waals surface area contributed by atoms with E-state index in [9.17, 15) is 4.79 Å². The van der Waals surface area contributed by atoms with E-state index < -0.39 is 0 Å². The summed E-state index contributed by atoms with van der Waals surface area (Å²) in [5, 5.41) is 0. The molecule has 0 fully saturated rings. The average molecular weight is 216 g/mol. The number of carbonyl (C=O) groups excluding carboxylic acids is 1. The Morgan fingerprint density at radius 2 is 1.80 bits per heavy atom. The largest absolute Gasteiger partial charge is 0.466 e. The summed E-state index contributed by atoms with van der Waals surface area (Å²) in [5.41, 5.74) is 0.0166. The van der Waals surface area contributed by atoms with Crippen molar-refractivity contribution in [1.29, 1.82) is 0 Å². The lowest BCUT2D eigenvalue weighted by Crippen LogP contribution is -2.34. The third-order valence-electron chi connectivity index (χ3n) is 2.81. The minimum Gasteiger partial charge on any atom is -0.466 e. The van der Waals surface area contributed by atoms with Crippen LogP contribution in [0.5, 0.6) is 0 Å². The van der Waals surface area contributed by atoms with Gasteiger partial charge in [-0.05, 0) is 25.7 Å². The van der Waals surface area contributed by atoms with Crippen LogP contribution in [0, 0.1) is 5.41 Å². The van der Waals surface area contributed by atoms with Crippen LogP contribution in [0.25, 0.3) is 0 Å². The minimum atomic E-state index is -0.169. The predicted molar refractivity (Wildman–Crippen MR) is 60.7 cm³/mol. The summed E-state index contributed by atoms with van der Waals surface area (Å²) < 4.78 is 10.6. The predicted octanol–water partition coefficient (Wildman–Crippen LogP) is 2.78. The van der Waals surface area contributed by atoms with Gasteiger partial charge in [0.25, 0.3) is 0 Å². The van der Waals surface area contributed by atoms with E-state index in [1.807, 2.05) is 13.8 Å². The molecule has 0 aromatic heterocycles. The quantitative estimate of drug-likeness (QED) is 0.614. The molecular weight excluding hydrogens is 192 g/mol. The van der Waals surface area contributed by atoms with E-state index in [4.69, 9.17) is 9.47 Å². The van der Waals surface area contributed by atoms with Gasteiger partial charge < -0.3 is 9.47 Å². The van der Waals surface area contributed by atoms with Crippen molar-refractivity contribution in [2.75, 3.05) is 13.2 Å². The number of ether oxygens (including phenoxy) is 2. The maximum atomic E-state index is 11.4. The van der Waals surface area contributed by atoms with Crippen molar-refractivity contribution in [2.45, 2.75) is 53.6 Å². The van der Waals surface area contributed by atoms with Crippen molar-refractivity contribution in [3.05, 3.63) is 0 Å². The zero-order chi connectivity index (χ0) is 11.9. The summed E-state index contributed by atoms with van der Waals surface area (Å²) in [6, 6.07) is 0. The molecule has 0 aliphatic heterocycles. The van der Waals surface area contributed by atoms with E-state index in [1.165, 1.54) is 0 Å². The lowest BCUT2D eigenvalue weighted by atomic mass is 9.82. The molecular formula is C12H24O3. The molecule has 0 radical (unpaired) electrons. The van der Waals surface area contributed by atoms with Crippen molar-refractivity contribution in [3.8, 4) is 0 Å². The molecule has 0 saturated carbocycles. The summed E-state index contributed by atoms with van der Waals surface area (Å²) >= 11 is 0. The van der Waals surface area contributed by atoms with Gasteiger partial charge in [0, 0.05) is 6.61 Å².